The molecule has 1 atom stereocenters. The highest BCUT2D eigenvalue weighted by Gasteiger charge is 2.31. The van der Waals surface area contributed by atoms with Crippen molar-refractivity contribution in [3.63, 3.8) is 0 Å². The van der Waals surface area contributed by atoms with Crippen molar-refractivity contribution in [2.24, 2.45) is 0 Å². The van der Waals surface area contributed by atoms with Gasteiger partial charge in [0.2, 0.25) is 0 Å². The highest BCUT2D eigenvalue weighted by atomic mass is 35.5. The molecule has 0 aliphatic carbocycles. The van der Waals surface area contributed by atoms with E-state index in [1.807, 2.05) is 12.1 Å². The minimum atomic E-state index is -0.432. The van der Waals surface area contributed by atoms with Gasteiger partial charge >= 0.3 is 0 Å². The van der Waals surface area contributed by atoms with Gasteiger partial charge in [-0.3, -0.25) is 4.79 Å². The van der Waals surface area contributed by atoms with E-state index >= 15 is 0 Å². The largest absolute Gasteiger partial charge is 0.363 e. The van der Waals surface area contributed by atoms with E-state index in [1.54, 1.807) is 0 Å². The van der Waals surface area contributed by atoms with Crippen LogP contribution in [0.5, 0.6) is 0 Å². The normalized spacial score (nSPS) is 23.3. The van der Waals surface area contributed by atoms with E-state index in [9.17, 15) is 4.79 Å². The molecule has 0 radical (unpaired) electrons. The Morgan fingerprint density at radius 2 is 2.06 bits per heavy atom. The molecule has 0 aromatic heterocycles. The van der Waals surface area contributed by atoms with Gasteiger partial charge in [0.05, 0.1) is 6.61 Å². The van der Waals surface area contributed by atoms with Crippen LogP contribution >= 0.6 is 11.6 Å². The Labute approximate surface area is 98.7 Å². The SMILES string of the molecule is O=C1NCCc2cc(Cl)cc3c2C1OCC3. The molecule has 0 saturated heterocycles. The van der Waals surface area contributed by atoms with Gasteiger partial charge in [-0.2, -0.15) is 0 Å². The molecule has 2 aliphatic heterocycles. The van der Waals surface area contributed by atoms with Crippen LogP contribution in [-0.4, -0.2) is 19.1 Å². The molecule has 1 amide bonds. The van der Waals surface area contributed by atoms with Gasteiger partial charge in [0.15, 0.2) is 6.10 Å². The minimum absolute atomic E-state index is 0.0259. The number of ether oxygens (including phenoxy) is 1. The maximum Gasteiger partial charge on any atom is 0.253 e. The Balaban J connectivity index is 2.20. The summed E-state index contributed by atoms with van der Waals surface area (Å²) in [4.78, 5) is 11.8. The van der Waals surface area contributed by atoms with E-state index in [4.69, 9.17) is 16.3 Å². The molecule has 0 spiro atoms. The van der Waals surface area contributed by atoms with Crippen LogP contribution in [0.25, 0.3) is 0 Å². The van der Waals surface area contributed by atoms with Crippen molar-refractivity contribution in [2.75, 3.05) is 13.2 Å². The maximum atomic E-state index is 11.8. The zero-order chi connectivity index (χ0) is 11.1. The van der Waals surface area contributed by atoms with Crippen molar-refractivity contribution in [2.45, 2.75) is 18.9 Å². The van der Waals surface area contributed by atoms with Gasteiger partial charge in [0.25, 0.3) is 5.91 Å². The van der Waals surface area contributed by atoms with E-state index in [1.165, 1.54) is 0 Å². The van der Waals surface area contributed by atoms with Gasteiger partial charge in [-0.15, -0.1) is 0 Å². The Hall–Kier alpha value is -1.06. The van der Waals surface area contributed by atoms with Crippen LogP contribution in [0.1, 0.15) is 22.8 Å². The van der Waals surface area contributed by atoms with Gasteiger partial charge in [-0.25, -0.2) is 0 Å². The number of benzene rings is 1. The summed E-state index contributed by atoms with van der Waals surface area (Å²) in [6.45, 7) is 1.25. The fraction of sp³-hybridized carbons (Fsp3) is 0.417. The zero-order valence-electron chi connectivity index (χ0n) is 8.75. The summed E-state index contributed by atoms with van der Waals surface area (Å²) in [5, 5.41) is 3.62. The van der Waals surface area contributed by atoms with Gasteiger partial charge < -0.3 is 10.1 Å². The van der Waals surface area contributed by atoms with Crippen LogP contribution < -0.4 is 5.32 Å². The van der Waals surface area contributed by atoms with Gasteiger partial charge in [0.1, 0.15) is 0 Å². The van der Waals surface area contributed by atoms with E-state index in [0.717, 1.165) is 34.6 Å². The summed E-state index contributed by atoms with van der Waals surface area (Å²) < 4.78 is 5.56. The van der Waals surface area contributed by atoms with Gasteiger partial charge in [-0.1, -0.05) is 11.6 Å². The topological polar surface area (TPSA) is 38.3 Å². The molecule has 1 aromatic carbocycles. The third-order valence-electron chi connectivity index (χ3n) is 3.17. The van der Waals surface area contributed by atoms with Crippen LogP contribution in [0.2, 0.25) is 5.02 Å². The van der Waals surface area contributed by atoms with Gasteiger partial charge in [-0.05, 0) is 41.7 Å². The molecule has 3 rings (SSSR count). The maximum absolute atomic E-state index is 11.8. The summed E-state index contributed by atoms with van der Waals surface area (Å²) in [6, 6.07) is 3.90. The Bertz CT molecular complexity index is 459. The number of amides is 1. The number of rotatable bonds is 0. The molecule has 2 heterocycles. The summed E-state index contributed by atoms with van der Waals surface area (Å²) >= 11 is 6.08. The number of hydrogen-bond donors (Lipinski definition) is 1. The molecule has 1 N–H and O–H groups in total. The van der Waals surface area contributed by atoms with Crippen molar-refractivity contribution in [3.05, 3.63) is 33.8 Å². The zero-order valence-corrected chi connectivity index (χ0v) is 9.51. The van der Waals surface area contributed by atoms with Crippen LogP contribution in [0.15, 0.2) is 12.1 Å². The smallest absolute Gasteiger partial charge is 0.253 e. The predicted octanol–water partition coefficient (Wildman–Crippen LogP) is 1.63. The second-order valence-electron chi connectivity index (χ2n) is 4.18. The first-order chi connectivity index (χ1) is 7.75. The average molecular weight is 238 g/mol. The molecular weight excluding hydrogens is 226 g/mol. The minimum Gasteiger partial charge on any atom is -0.363 e. The van der Waals surface area contributed by atoms with Crippen molar-refractivity contribution in [1.82, 2.24) is 5.32 Å². The lowest BCUT2D eigenvalue weighted by Crippen LogP contribution is -2.32. The van der Waals surface area contributed by atoms with Crippen molar-refractivity contribution < 1.29 is 9.53 Å². The second-order valence-corrected chi connectivity index (χ2v) is 4.62. The predicted molar refractivity (Wildman–Crippen MR) is 60.6 cm³/mol. The first-order valence-corrected chi connectivity index (χ1v) is 5.84. The highest BCUT2D eigenvalue weighted by molar-refractivity contribution is 6.30. The second kappa shape index (κ2) is 3.75. The van der Waals surface area contributed by atoms with E-state index in [-0.39, 0.29) is 5.91 Å². The summed E-state index contributed by atoms with van der Waals surface area (Å²) in [5.74, 6) is -0.0259. The quantitative estimate of drug-likeness (QED) is 0.745. The lowest BCUT2D eigenvalue weighted by Gasteiger charge is -2.25. The van der Waals surface area contributed by atoms with E-state index in [0.29, 0.717) is 13.2 Å². The highest BCUT2D eigenvalue weighted by Crippen LogP contribution is 2.34. The standard InChI is InChI=1S/C12H12ClNO2/c13-9-5-7-1-3-14-12(15)11-10(7)8(6-9)2-4-16-11/h5-6,11H,1-4H2,(H,14,15). The lowest BCUT2D eigenvalue weighted by atomic mass is 9.92. The fourth-order valence-corrected chi connectivity index (χ4v) is 2.74. The molecule has 0 saturated carbocycles. The molecule has 2 aliphatic rings. The average Bonchev–Trinajstić information content (AvgIpc) is 2.41. The van der Waals surface area contributed by atoms with Crippen molar-refractivity contribution in [3.8, 4) is 0 Å². The molecule has 0 fully saturated rings. The Kier molecular flexibility index (Phi) is 2.37. The molecule has 1 aromatic rings. The molecule has 84 valence electrons. The van der Waals surface area contributed by atoms with Crippen LogP contribution in [0, 0.1) is 0 Å². The molecule has 3 nitrogen and oxygen atoms in total. The van der Waals surface area contributed by atoms with Crippen LogP contribution in [-0.2, 0) is 22.4 Å². The number of nitrogens with one attached hydrogen (secondary N) is 1. The van der Waals surface area contributed by atoms with Crippen molar-refractivity contribution in [1.29, 1.82) is 0 Å². The monoisotopic (exact) mass is 237 g/mol. The van der Waals surface area contributed by atoms with E-state index in [2.05, 4.69) is 5.32 Å². The van der Waals surface area contributed by atoms with Crippen LogP contribution in [0.4, 0.5) is 0 Å². The number of carbonyl (C=O) groups is 1. The Morgan fingerprint density at radius 3 is 2.88 bits per heavy atom. The molecule has 1 unspecified atom stereocenters. The summed E-state index contributed by atoms with van der Waals surface area (Å²) in [6.07, 6.45) is 1.24. The number of hydrogen-bond acceptors (Lipinski definition) is 2. The third kappa shape index (κ3) is 1.51. The van der Waals surface area contributed by atoms with Crippen molar-refractivity contribution >= 4 is 17.5 Å². The summed E-state index contributed by atoms with van der Waals surface area (Å²) in [5.41, 5.74) is 3.35. The summed E-state index contributed by atoms with van der Waals surface area (Å²) in [7, 11) is 0. The molecule has 4 heteroatoms. The van der Waals surface area contributed by atoms with E-state index < -0.39 is 6.10 Å². The first kappa shape index (κ1) is 10.1. The Morgan fingerprint density at radius 1 is 1.31 bits per heavy atom. The fourth-order valence-electron chi connectivity index (χ4n) is 2.48. The van der Waals surface area contributed by atoms with Gasteiger partial charge in [0, 0.05) is 11.6 Å². The molecule has 0 bridgehead atoms. The lowest BCUT2D eigenvalue weighted by molar-refractivity contribution is -0.133. The first-order valence-electron chi connectivity index (χ1n) is 5.46. The molecular formula is C12H12ClNO2. The number of halogens is 1. The third-order valence-corrected chi connectivity index (χ3v) is 3.38. The van der Waals surface area contributed by atoms with Crippen LogP contribution in [0.3, 0.4) is 0 Å². The number of carbonyl (C=O) groups excluding carboxylic acids is 1. The molecule has 16 heavy (non-hydrogen) atoms.